The van der Waals surface area contributed by atoms with Gasteiger partial charge in [-0.2, -0.15) is 0 Å². The van der Waals surface area contributed by atoms with Gasteiger partial charge in [0.05, 0.1) is 6.10 Å². The molecule has 1 nitrogen and oxygen atoms in total. The molecule has 4 atom stereocenters. The van der Waals surface area contributed by atoms with Crippen LogP contribution in [0.25, 0.3) is 0 Å². The van der Waals surface area contributed by atoms with Gasteiger partial charge in [0.2, 0.25) is 0 Å². The molecule has 64 valence electrons. The van der Waals surface area contributed by atoms with Crippen LogP contribution in [0.15, 0.2) is 0 Å². The van der Waals surface area contributed by atoms with Crippen LogP contribution in [0.5, 0.6) is 0 Å². The number of hydrogen-bond donors (Lipinski definition) is 1. The van der Waals surface area contributed by atoms with Gasteiger partial charge in [0, 0.05) is 0 Å². The van der Waals surface area contributed by atoms with Crippen molar-refractivity contribution in [2.45, 2.75) is 39.7 Å². The number of hydrogen-bond acceptors (Lipinski definition) is 1. The third-order valence-electron chi connectivity index (χ3n) is 4.31. The maximum absolute atomic E-state index is 9.61. The van der Waals surface area contributed by atoms with Gasteiger partial charge in [-0.3, -0.25) is 0 Å². The van der Waals surface area contributed by atoms with Crippen LogP contribution in [0, 0.1) is 23.2 Å². The van der Waals surface area contributed by atoms with Crippen LogP contribution < -0.4 is 0 Å². The molecular formula is C10H18O. The van der Waals surface area contributed by atoms with Crippen molar-refractivity contribution >= 4 is 0 Å². The lowest BCUT2D eigenvalue weighted by Crippen LogP contribution is -2.56. The van der Waals surface area contributed by atoms with E-state index in [0.29, 0.717) is 11.3 Å². The SMILES string of the molecule is C[C@@H]1[C@H](O)C[C@@H]2C[C@@H]1C2(C)C. The van der Waals surface area contributed by atoms with Gasteiger partial charge in [-0.25, -0.2) is 0 Å². The molecule has 11 heavy (non-hydrogen) atoms. The smallest absolute Gasteiger partial charge is 0.0571 e. The third kappa shape index (κ3) is 0.807. The molecule has 0 amide bonds. The van der Waals surface area contributed by atoms with Gasteiger partial charge in [0.15, 0.2) is 0 Å². The Morgan fingerprint density at radius 1 is 1.27 bits per heavy atom. The highest BCUT2D eigenvalue weighted by Gasteiger charge is 2.55. The normalized spacial score (nSPS) is 53.5. The molecule has 2 bridgehead atoms. The second-order valence-electron chi connectivity index (χ2n) is 5.02. The minimum atomic E-state index is -0.00762. The second-order valence-corrected chi connectivity index (χ2v) is 5.02. The molecule has 3 aliphatic carbocycles. The topological polar surface area (TPSA) is 20.2 Å². The molecule has 3 fully saturated rings. The summed E-state index contributed by atoms with van der Waals surface area (Å²) in [5, 5.41) is 9.61. The first-order valence-electron chi connectivity index (χ1n) is 4.71. The molecule has 0 heterocycles. The summed E-state index contributed by atoms with van der Waals surface area (Å²) in [6.45, 7) is 6.91. The summed E-state index contributed by atoms with van der Waals surface area (Å²) in [4.78, 5) is 0. The Bertz CT molecular complexity index is 174. The molecule has 3 rings (SSSR count). The predicted molar refractivity (Wildman–Crippen MR) is 45.2 cm³/mol. The Morgan fingerprint density at radius 3 is 2.27 bits per heavy atom. The third-order valence-corrected chi connectivity index (χ3v) is 4.31. The number of aliphatic hydroxyl groups is 1. The maximum atomic E-state index is 9.61. The molecule has 1 N–H and O–H groups in total. The summed E-state index contributed by atoms with van der Waals surface area (Å²) in [6, 6.07) is 0. The molecular weight excluding hydrogens is 136 g/mol. The standard InChI is InChI=1S/C10H18O/c1-6-8-4-7(5-9(6)11)10(8,2)3/h6-9,11H,4-5H2,1-3H3/t6-,7-,8-,9+/m0/s1. The molecule has 0 radical (unpaired) electrons. The average Bonchev–Trinajstić information content (AvgIpc) is 1.93. The van der Waals surface area contributed by atoms with Crippen molar-refractivity contribution < 1.29 is 5.11 Å². The van der Waals surface area contributed by atoms with Crippen molar-refractivity contribution in [1.82, 2.24) is 0 Å². The van der Waals surface area contributed by atoms with E-state index in [1.807, 2.05) is 0 Å². The van der Waals surface area contributed by atoms with Crippen molar-refractivity contribution in [1.29, 1.82) is 0 Å². The summed E-state index contributed by atoms with van der Waals surface area (Å²) >= 11 is 0. The fraction of sp³-hybridized carbons (Fsp3) is 1.00. The van der Waals surface area contributed by atoms with Crippen LogP contribution in [-0.4, -0.2) is 11.2 Å². The van der Waals surface area contributed by atoms with E-state index < -0.39 is 0 Å². The average molecular weight is 154 g/mol. The van der Waals surface area contributed by atoms with Gasteiger partial charge in [0.25, 0.3) is 0 Å². The number of fused-ring (bicyclic) bond motifs is 2. The number of rotatable bonds is 0. The molecule has 3 saturated carbocycles. The van der Waals surface area contributed by atoms with Gasteiger partial charge in [-0.1, -0.05) is 20.8 Å². The lowest BCUT2D eigenvalue weighted by Gasteiger charge is -2.61. The lowest BCUT2D eigenvalue weighted by molar-refractivity contribution is -0.154. The number of aliphatic hydroxyl groups excluding tert-OH is 1. The van der Waals surface area contributed by atoms with Crippen molar-refractivity contribution in [3.8, 4) is 0 Å². The van der Waals surface area contributed by atoms with E-state index in [-0.39, 0.29) is 6.10 Å². The van der Waals surface area contributed by atoms with Crippen LogP contribution in [-0.2, 0) is 0 Å². The van der Waals surface area contributed by atoms with E-state index in [0.717, 1.165) is 18.3 Å². The van der Waals surface area contributed by atoms with Gasteiger partial charge >= 0.3 is 0 Å². The predicted octanol–water partition coefficient (Wildman–Crippen LogP) is 2.05. The lowest BCUT2D eigenvalue weighted by atomic mass is 9.45. The largest absolute Gasteiger partial charge is 0.393 e. The minimum absolute atomic E-state index is 0.00762. The Labute approximate surface area is 68.8 Å². The highest BCUT2D eigenvalue weighted by atomic mass is 16.3. The van der Waals surface area contributed by atoms with E-state index in [1.165, 1.54) is 6.42 Å². The molecule has 0 saturated heterocycles. The fourth-order valence-corrected chi connectivity index (χ4v) is 3.12. The molecule has 1 heteroatoms. The zero-order valence-electron chi connectivity index (χ0n) is 7.67. The summed E-state index contributed by atoms with van der Waals surface area (Å²) in [7, 11) is 0. The monoisotopic (exact) mass is 154 g/mol. The van der Waals surface area contributed by atoms with Gasteiger partial charge in [-0.15, -0.1) is 0 Å². The van der Waals surface area contributed by atoms with Crippen molar-refractivity contribution in [3.63, 3.8) is 0 Å². The van der Waals surface area contributed by atoms with Crippen LogP contribution in [0.3, 0.4) is 0 Å². The summed E-state index contributed by atoms with van der Waals surface area (Å²) in [6.07, 6.45) is 2.40. The molecule has 0 aromatic heterocycles. The summed E-state index contributed by atoms with van der Waals surface area (Å²) < 4.78 is 0. The summed E-state index contributed by atoms with van der Waals surface area (Å²) in [5.74, 6) is 2.13. The molecule has 0 aromatic carbocycles. The van der Waals surface area contributed by atoms with Gasteiger partial charge < -0.3 is 5.11 Å². The first-order chi connectivity index (χ1) is 5.03. The quantitative estimate of drug-likeness (QED) is 0.566. The Morgan fingerprint density at radius 2 is 1.91 bits per heavy atom. The van der Waals surface area contributed by atoms with E-state index >= 15 is 0 Å². The Kier molecular flexibility index (Phi) is 1.39. The fourth-order valence-electron chi connectivity index (χ4n) is 3.12. The van der Waals surface area contributed by atoms with Crippen molar-refractivity contribution in [3.05, 3.63) is 0 Å². The zero-order chi connectivity index (χ0) is 8.22. The molecule has 0 aliphatic heterocycles. The van der Waals surface area contributed by atoms with Crippen LogP contribution in [0.2, 0.25) is 0 Å². The van der Waals surface area contributed by atoms with Crippen molar-refractivity contribution in [2.75, 3.05) is 0 Å². The van der Waals surface area contributed by atoms with Crippen LogP contribution in [0.1, 0.15) is 33.6 Å². The van der Waals surface area contributed by atoms with Gasteiger partial charge in [0.1, 0.15) is 0 Å². The molecule has 0 spiro atoms. The minimum Gasteiger partial charge on any atom is -0.393 e. The zero-order valence-corrected chi connectivity index (χ0v) is 7.67. The second kappa shape index (κ2) is 2.01. The van der Waals surface area contributed by atoms with E-state index in [2.05, 4.69) is 20.8 Å². The Hall–Kier alpha value is -0.0400. The van der Waals surface area contributed by atoms with E-state index in [1.54, 1.807) is 0 Å². The van der Waals surface area contributed by atoms with E-state index in [9.17, 15) is 5.11 Å². The highest BCUT2D eigenvalue weighted by molar-refractivity contribution is 5.04. The van der Waals surface area contributed by atoms with Crippen LogP contribution in [0.4, 0.5) is 0 Å². The Balaban J connectivity index is 2.17. The highest BCUT2D eigenvalue weighted by Crippen LogP contribution is 2.61. The van der Waals surface area contributed by atoms with E-state index in [4.69, 9.17) is 0 Å². The first kappa shape index (κ1) is 7.60. The molecule has 0 unspecified atom stereocenters. The van der Waals surface area contributed by atoms with Gasteiger partial charge in [-0.05, 0) is 36.0 Å². The van der Waals surface area contributed by atoms with Crippen LogP contribution >= 0.6 is 0 Å². The first-order valence-corrected chi connectivity index (χ1v) is 4.71. The van der Waals surface area contributed by atoms with Crippen molar-refractivity contribution in [2.24, 2.45) is 23.2 Å². The maximum Gasteiger partial charge on any atom is 0.0571 e. The molecule has 0 aromatic rings. The molecule has 3 aliphatic rings. The summed E-state index contributed by atoms with van der Waals surface area (Å²) in [5.41, 5.74) is 0.526.